The highest BCUT2D eigenvalue weighted by Gasteiger charge is 2.27. The van der Waals surface area contributed by atoms with Crippen molar-refractivity contribution in [3.05, 3.63) is 63.5 Å². The molecule has 0 aliphatic carbocycles. The number of nitrogens with one attached hydrogen (secondary N) is 1. The predicted molar refractivity (Wildman–Crippen MR) is 97.6 cm³/mol. The Labute approximate surface area is 176 Å². The lowest BCUT2D eigenvalue weighted by molar-refractivity contribution is -0.117. The average Bonchev–Trinajstić information content (AvgIpc) is 3.22. The number of aryl methyl sites for hydroxylation is 2. The van der Waals surface area contributed by atoms with Gasteiger partial charge in [0.05, 0.1) is 29.2 Å². The van der Waals surface area contributed by atoms with Crippen molar-refractivity contribution >= 4 is 11.6 Å². The molecule has 1 amide bonds. The standard InChI is InChI=1S/C19H16F7N5O/c1-7-4-11(19(25)26)29-30(7)6-12(32)27-18-8(2)28-31(9(18)3)5-10-13(20)15(22)17(24)16(23)14(10)21/h4,19H,5-6H2,1-3H3,(H,27,32). The van der Waals surface area contributed by atoms with Crippen LogP contribution >= 0.6 is 0 Å². The largest absolute Gasteiger partial charge is 0.321 e. The Balaban J connectivity index is 1.84. The van der Waals surface area contributed by atoms with Gasteiger partial charge in [-0.1, -0.05) is 0 Å². The first-order chi connectivity index (χ1) is 14.9. The Hall–Kier alpha value is -3.38. The smallest absolute Gasteiger partial charge is 0.282 e. The van der Waals surface area contributed by atoms with Crippen molar-refractivity contribution < 1.29 is 35.5 Å². The van der Waals surface area contributed by atoms with E-state index >= 15 is 0 Å². The van der Waals surface area contributed by atoms with Crippen molar-refractivity contribution in [2.75, 3.05) is 5.32 Å². The fourth-order valence-electron chi connectivity index (χ4n) is 3.09. The highest BCUT2D eigenvalue weighted by molar-refractivity contribution is 5.91. The van der Waals surface area contributed by atoms with Crippen LogP contribution in [-0.4, -0.2) is 25.5 Å². The quantitative estimate of drug-likeness (QED) is 0.336. The summed E-state index contributed by atoms with van der Waals surface area (Å²) in [5, 5.41) is 10.1. The molecule has 6 nitrogen and oxygen atoms in total. The van der Waals surface area contributed by atoms with Crippen molar-refractivity contribution in [1.29, 1.82) is 0 Å². The minimum Gasteiger partial charge on any atom is -0.321 e. The van der Waals surface area contributed by atoms with Gasteiger partial charge in [0.25, 0.3) is 6.43 Å². The molecule has 2 aromatic heterocycles. The third-order valence-electron chi connectivity index (χ3n) is 4.77. The molecule has 32 heavy (non-hydrogen) atoms. The number of alkyl halides is 2. The summed E-state index contributed by atoms with van der Waals surface area (Å²) in [4.78, 5) is 12.4. The van der Waals surface area contributed by atoms with Gasteiger partial charge in [0, 0.05) is 5.69 Å². The molecule has 3 rings (SSSR count). The van der Waals surface area contributed by atoms with Crippen molar-refractivity contribution in [1.82, 2.24) is 19.6 Å². The van der Waals surface area contributed by atoms with Gasteiger partial charge in [0.15, 0.2) is 23.3 Å². The third-order valence-corrected chi connectivity index (χ3v) is 4.77. The minimum atomic E-state index is -2.80. The van der Waals surface area contributed by atoms with Crippen molar-refractivity contribution in [2.45, 2.75) is 40.3 Å². The number of hydrogen-bond donors (Lipinski definition) is 1. The Bertz CT molecular complexity index is 1170. The first-order valence-corrected chi connectivity index (χ1v) is 9.09. The van der Waals surface area contributed by atoms with Gasteiger partial charge in [-0.05, 0) is 26.8 Å². The van der Waals surface area contributed by atoms with Crippen LogP contribution in [0.15, 0.2) is 6.07 Å². The van der Waals surface area contributed by atoms with Crippen LogP contribution in [-0.2, 0) is 17.9 Å². The van der Waals surface area contributed by atoms with Crippen LogP contribution in [0.1, 0.15) is 34.8 Å². The van der Waals surface area contributed by atoms with Crippen molar-refractivity contribution in [3.63, 3.8) is 0 Å². The topological polar surface area (TPSA) is 64.7 Å². The van der Waals surface area contributed by atoms with Gasteiger partial charge in [-0.15, -0.1) is 0 Å². The molecule has 0 atom stereocenters. The van der Waals surface area contributed by atoms with E-state index in [4.69, 9.17) is 0 Å². The second kappa shape index (κ2) is 8.63. The maximum Gasteiger partial charge on any atom is 0.282 e. The summed E-state index contributed by atoms with van der Waals surface area (Å²) in [7, 11) is 0. The van der Waals surface area contributed by atoms with Crippen LogP contribution < -0.4 is 5.32 Å². The SMILES string of the molecule is Cc1nn(Cc2c(F)c(F)c(F)c(F)c2F)c(C)c1NC(=O)Cn1nc(C(F)F)cc1C. The summed E-state index contributed by atoms with van der Waals surface area (Å²) < 4.78 is 95.6. The van der Waals surface area contributed by atoms with E-state index in [0.29, 0.717) is 5.69 Å². The Morgan fingerprint density at radius 1 is 0.938 bits per heavy atom. The molecule has 0 saturated carbocycles. The molecular weight excluding hydrogens is 447 g/mol. The van der Waals surface area contributed by atoms with Crippen LogP contribution in [0.2, 0.25) is 0 Å². The molecule has 172 valence electrons. The molecule has 1 aromatic carbocycles. The summed E-state index contributed by atoms with van der Waals surface area (Å²) in [6, 6.07) is 1.14. The Morgan fingerprint density at radius 2 is 1.50 bits per heavy atom. The molecule has 2 heterocycles. The maximum atomic E-state index is 14.0. The molecule has 3 aromatic rings. The first kappa shape index (κ1) is 23.3. The van der Waals surface area contributed by atoms with Gasteiger partial charge in [0.2, 0.25) is 11.7 Å². The summed E-state index contributed by atoms with van der Waals surface area (Å²) in [6.45, 7) is 3.16. The van der Waals surface area contributed by atoms with Gasteiger partial charge < -0.3 is 5.32 Å². The number of amides is 1. The number of benzene rings is 1. The number of aromatic nitrogens is 4. The fourth-order valence-corrected chi connectivity index (χ4v) is 3.09. The molecule has 0 saturated heterocycles. The zero-order valence-corrected chi connectivity index (χ0v) is 16.9. The fraction of sp³-hybridized carbons (Fsp3) is 0.316. The summed E-state index contributed by atoms with van der Waals surface area (Å²) in [6.07, 6.45) is -2.80. The van der Waals surface area contributed by atoms with E-state index < -0.39 is 65.8 Å². The van der Waals surface area contributed by atoms with E-state index in [1.807, 2.05) is 0 Å². The van der Waals surface area contributed by atoms with Crippen molar-refractivity contribution in [2.24, 2.45) is 0 Å². The molecule has 0 aliphatic heterocycles. The number of rotatable bonds is 6. The van der Waals surface area contributed by atoms with Crippen molar-refractivity contribution in [3.8, 4) is 0 Å². The van der Waals surface area contributed by atoms with Gasteiger partial charge in [-0.3, -0.25) is 14.2 Å². The molecule has 0 spiro atoms. The zero-order valence-electron chi connectivity index (χ0n) is 16.9. The average molecular weight is 463 g/mol. The number of carbonyl (C=O) groups is 1. The van der Waals surface area contributed by atoms with Gasteiger partial charge in [-0.25, -0.2) is 30.7 Å². The normalized spacial score (nSPS) is 11.5. The van der Waals surface area contributed by atoms with Gasteiger partial charge in [0.1, 0.15) is 12.2 Å². The van der Waals surface area contributed by atoms with E-state index in [1.54, 1.807) is 0 Å². The lowest BCUT2D eigenvalue weighted by Crippen LogP contribution is -2.21. The minimum absolute atomic E-state index is 0.137. The van der Waals surface area contributed by atoms with Crippen LogP contribution in [0.3, 0.4) is 0 Å². The summed E-state index contributed by atoms with van der Waals surface area (Å²) in [5.41, 5.74) is -0.742. The molecule has 0 unspecified atom stereocenters. The monoisotopic (exact) mass is 463 g/mol. The third kappa shape index (κ3) is 4.18. The lowest BCUT2D eigenvalue weighted by Gasteiger charge is -2.10. The second-order valence-corrected chi connectivity index (χ2v) is 6.97. The Kier molecular flexibility index (Phi) is 6.28. The van der Waals surface area contributed by atoms with Crippen LogP contribution in [0.4, 0.5) is 36.4 Å². The number of nitrogens with zero attached hydrogens (tertiary/aromatic N) is 4. The second-order valence-electron chi connectivity index (χ2n) is 6.97. The highest BCUT2D eigenvalue weighted by atomic mass is 19.3. The first-order valence-electron chi connectivity index (χ1n) is 9.09. The highest BCUT2D eigenvalue weighted by Crippen LogP contribution is 2.26. The van der Waals surface area contributed by atoms with Crippen LogP contribution in [0.25, 0.3) is 0 Å². The van der Waals surface area contributed by atoms with E-state index in [9.17, 15) is 35.5 Å². The maximum absolute atomic E-state index is 14.0. The molecule has 0 bridgehead atoms. The molecule has 1 N–H and O–H groups in total. The Morgan fingerprint density at radius 3 is 2.03 bits per heavy atom. The molecule has 0 fully saturated rings. The predicted octanol–water partition coefficient (Wildman–Crippen LogP) is 4.32. The molecular formula is C19H16F7N5O. The van der Waals surface area contributed by atoms with Gasteiger partial charge >= 0.3 is 0 Å². The van der Waals surface area contributed by atoms with E-state index in [2.05, 4.69) is 15.5 Å². The number of halogens is 7. The van der Waals surface area contributed by atoms with Crippen LogP contribution in [0, 0.1) is 49.9 Å². The van der Waals surface area contributed by atoms with E-state index in [0.717, 1.165) is 15.4 Å². The molecule has 0 aliphatic rings. The van der Waals surface area contributed by atoms with Crippen LogP contribution in [0.5, 0.6) is 0 Å². The molecule has 13 heteroatoms. The summed E-state index contributed by atoms with van der Waals surface area (Å²) in [5.74, 6) is -11.0. The lowest BCUT2D eigenvalue weighted by atomic mass is 10.1. The number of carbonyl (C=O) groups excluding carboxylic acids is 1. The summed E-state index contributed by atoms with van der Waals surface area (Å²) >= 11 is 0. The van der Waals surface area contributed by atoms with E-state index in [1.165, 1.54) is 20.8 Å². The van der Waals surface area contributed by atoms with Gasteiger partial charge in [-0.2, -0.15) is 10.2 Å². The molecule has 0 radical (unpaired) electrons. The zero-order chi connectivity index (χ0) is 23.9. The van der Waals surface area contributed by atoms with E-state index in [-0.39, 0.29) is 17.1 Å². The number of hydrogen-bond acceptors (Lipinski definition) is 3. The number of anilines is 1.